The Hall–Kier alpha value is -2.24. The zero-order valence-electron chi connectivity index (χ0n) is 13.0. The van der Waals surface area contributed by atoms with Crippen molar-refractivity contribution in [2.45, 2.75) is 0 Å². The highest BCUT2D eigenvalue weighted by Crippen LogP contribution is 2.08. The number of nitrogens with zero attached hydrogens (tertiary/aromatic N) is 3. The monoisotopic (exact) mass is 312 g/mol. The van der Waals surface area contributed by atoms with Crippen molar-refractivity contribution < 1.29 is 4.59 Å². The zero-order valence-corrected chi connectivity index (χ0v) is 13.8. The molecule has 5 heteroatoms. The van der Waals surface area contributed by atoms with Gasteiger partial charge in [-0.1, -0.05) is 53.6 Å². The molecule has 2 aromatic carbocycles. The van der Waals surface area contributed by atoms with Crippen LogP contribution in [0.15, 0.2) is 70.8 Å². The van der Waals surface area contributed by atoms with Crippen molar-refractivity contribution in [3.63, 3.8) is 0 Å². The topological polar surface area (TPSA) is 36.8 Å². The standard InChI is InChI=1S/C17H20N4S/c1-21(2,3)20-16(14-10-6-4-7-11-14)19-17(22)18-15-12-8-5-9-13-15/h4-13H,1-3H3,(H-,18,19,20,22). The largest absolute Gasteiger partial charge is 0.742 e. The molecule has 0 amide bonds. The third kappa shape index (κ3) is 5.27. The van der Waals surface area contributed by atoms with Crippen molar-refractivity contribution in [1.29, 1.82) is 0 Å². The maximum absolute atomic E-state index is 5.34. The van der Waals surface area contributed by atoms with Gasteiger partial charge in [0, 0.05) is 11.3 Å². The number of hydrogen-bond acceptors (Lipinski definition) is 2. The molecule has 0 aliphatic rings. The van der Waals surface area contributed by atoms with Gasteiger partial charge in [-0.15, -0.1) is 0 Å². The third-order valence-electron chi connectivity index (χ3n) is 2.66. The first kappa shape index (κ1) is 16.1. The molecule has 0 bridgehead atoms. The minimum atomic E-state index is 0.391. The summed E-state index contributed by atoms with van der Waals surface area (Å²) in [5.41, 5.74) is 1.85. The fraction of sp³-hybridized carbons (Fsp3) is 0.176. The lowest BCUT2D eigenvalue weighted by Gasteiger charge is -2.19. The molecule has 0 saturated heterocycles. The van der Waals surface area contributed by atoms with Crippen LogP contribution < -0.4 is 5.32 Å². The highest BCUT2D eigenvalue weighted by molar-refractivity contribution is 7.77. The summed E-state index contributed by atoms with van der Waals surface area (Å²) in [6, 6.07) is 19.6. The highest BCUT2D eigenvalue weighted by atomic mass is 32.1. The summed E-state index contributed by atoms with van der Waals surface area (Å²) < 4.78 is 0.418. The number of hydrogen-bond donors (Lipinski definition) is 1. The molecule has 22 heavy (non-hydrogen) atoms. The van der Waals surface area contributed by atoms with Crippen LogP contribution in [0.1, 0.15) is 5.56 Å². The SMILES string of the molecule is C[N+](C)(C)/N=C(\N=C([S-])Nc1ccccc1)c1ccccc1. The summed E-state index contributed by atoms with van der Waals surface area (Å²) in [6.45, 7) is 0. The van der Waals surface area contributed by atoms with Gasteiger partial charge in [-0.25, -0.2) is 9.58 Å². The Morgan fingerprint density at radius 1 is 0.909 bits per heavy atom. The van der Waals surface area contributed by atoms with Crippen LogP contribution in [-0.4, -0.2) is 36.7 Å². The van der Waals surface area contributed by atoms with Crippen molar-refractivity contribution in [3.05, 3.63) is 66.2 Å². The van der Waals surface area contributed by atoms with Gasteiger partial charge in [0.15, 0.2) is 0 Å². The van der Waals surface area contributed by atoms with Gasteiger partial charge in [-0.3, -0.25) is 0 Å². The van der Waals surface area contributed by atoms with Crippen molar-refractivity contribution in [3.8, 4) is 0 Å². The van der Waals surface area contributed by atoms with Crippen LogP contribution in [0, 0.1) is 0 Å². The van der Waals surface area contributed by atoms with E-state index in [2.05, 4.69) is 15.4 Å². The van der Waals surface area contributed by atoms with E-state index in [4.69, 9.17) is 12.6 Å². The first-order valence-corrected chi connectivity index (χ1v) is 7.40. The molecule has 0 aliphatic carbocycles. The van der Waals surface area contributed by atoms with E-state index in [0.29, 0.717) is 15.6 Å². The molecule has 0 spiro atoms. The Morgan fingerprint density at radius 3 is 2.00 bits per heavy atom. The first-order chi connectivity index (χ1) is 10.4. The van der Waals surface area contributed by atoms with Crippen LogP contribution in [0.5, 0.6) is 0 Å². The second-order valence-corrected chi connectivity index (χ2v) is 6.03. The maximum atomic E-state index is 5.34. The number of nitrogens with one attached hydrogen (secondary N) is 1. The van der Waals surface area contributed by atoms with E-state index in [0.717, 1.165) is 11.3 Å². The molecule has 2 rings (SSSR count). The lowest BCUT2D eigenvalue weighted by atomic mass is 10.2. The number of amidine groups is 2. The number of para-hydroxylation sites is 1. The van der Waals surface area contributed by atoms with Crippen LogP contribution >= 0.6 is 0 Å². The number of aliphatic imine (C=N–C) groups is 1. The predicted molar refractivity (Wildman–Crippen MR) is 95.9 cm³/mol. The molecular weight excluding hydrogens is 292 g/mol. The van der Waals surface area contributed by atoms with Crippen LogP contribution in [0.3, 0.4) is 0 Å². The van der Waals surface area contributed by atoms with Crippen LogP contribution in [0.2, 0.25) is 0 Å². The summed E-state index contributed by atoms with van der Waals surface area (Å²) in [4.78, 5) is 4.48. The minimum absolute atomic E-state index is 0.391. The maximum Gasteiger partial charge on any atom is 0.214 e. The summed E-state index contributed by atoms with van der Waals surface area (Å²) in [6.07, 6.45) is 0. The Labute approximate surface area is 137 Å². The van der Waals surface area contributed by atoms with E-state index in [1.165, 1.54) is 0 Å². The quantitative estimate of drug-likeness (QED) is 0.311. The average Bonchev–Trinajstić information content (AvgIpc) is 2.47. The second-order valence-electron chi connectivity index (χ2n) is 5.64. The lowest BCUT2D eigenvalue weighted by molar-refractivity contribution is -0.877. The van der Waals surface area contributed by atoms with Gasteiger partial charge in [0.25, 0.3) is 0 Å². The van der Waals surface area contributed by atoms with E-state index >= 15 is 0 Å². The molecule has 114 valence electrons. The van der Waals surface area contributed by atoms with E-state index in [1.54, 1.807) is 0 Å². The molecule has 0 aromatic heterocycles. The first-order valence-electron chi connectivity index (χ1n) is 6.99. The van der Waals surface area contributed by atoms with Crippen molar-refractivity contribution in [1.82, 2.24) is 0 Å². The predicted octanol–water partition coefficient (Wildman–Crippen LogP) is 3.07. The van der Waals surface area contributed by atoms with Gasteiger partial charge in [0.2, 0.25) is 5.84 Å². The second kappa shape index (κ2) is 7.15. The van der Waals surface area contributed by atoms with Crippen molar-refractivity contribution in [2.75, 3.05) is 26.5 Å². The molecule has 0 radical (unpaired) electrons. The average molecular weight is 312 g/mol. The van der Waals surface area contributed by atoms with Gasteiger partial charge in [0.1, 0.15) is 0 Å². The van der Waals surface area contributed by atoms with E-state index < -0.39 is 0 Å². The molecule has 0 heterocycles. The molecule has 0 fully saturated rings. The number of anilines is 1. The van der Waals surface area contributed by atoms with Crippen LogP contribution in [0.25, 0.3) is 0 Å². The Morgan fingerprint density at radius 2 is 1.45 bits per heavy atom. The number of quaternary nitrogens is 1. The van der Waals surface area contributed by atoms with E-state index in [9.17, 15) is 0 Å². The smallest absolute Gasteiger partial charge is 0.214 e. The Kier molecular flexibility index (Phi) is 5.25. The van der Waals surface area contributed by atoms with Gasteiger partial charge in [-0.05, 0) is 17.3 Å². The van der Waals surface area contributed by atoms with E-state index in [-0.39, 0.29) is 0 Å². The van der Waals surface area contributed by atoms with Gasteiger partial charge < -0.3 is 17.9 Å². The van der Waals surface area contributed by atoms with E-state index in [1.807, 2.05) is 81.8 Å². The minimum Gasteiger partial charge on any atom is -0.742 e. The molecule has 4 nitrogen and oxygen atoms in total. The molecule has 0 saturated carbocycles. The summed E-state index contributed by atoms with van der Waals surface area (Å²) >= 11 is 5.34. The normalized spacial score (nSPS) is 13.0. The zero-order chi connectivity index (χ0) is 16.0. The third-order valence-corrected chi connectivity index (χ3v) is 2.85. The highest BCUT2D eigenvalue weighted by Gasteiger charge is 2.10. The molecular formula is C17H20N4S. The summed E-state index contributed by atoms with van der Waals surface area (Å²) in [5, 5.41) is 8.12. The van der Waals surface area contributed by atoms with Gasteiger partial charge in [-0.2, -0.15) is 0 Å². The molecule has 1 N–H and O–H groups in total. The molecule has 0 aliphatic heterocycles. The molecule has 2 aromatic rings. The number of benzene rings is 2. The van der Waals surface area contributed by atoms with Gasteiger partial charge in [0.05, 0.1) is 21.1 Å². The number of rotatable bonds is 3. The molecule has 0 unspecified atom stereocenters. The fourth-order valence-electron chi connectivity index (χ4n) is 1.79. The summed E-state index contributed by atoms with van der Waals surface area (Å²) in [5.74, 6) is 0.613. The molecule has 0 atom stereocenters. The van der Waals surface area contributed by atoms with Crippen molar-refractivity contribution >= 4 is 29.3 Å². The lowest BCUT2D eigenvalue weighted by Crippen LogP contribution is -2.29. The fourth-order valence-corrected chi connectivity index (χ4v) is 1.99. The van der Waals surface area contributed by atoms with Gasteiger partial charge >= 0.3 is 0 Å². The van der Waals surface area contributed by atoms with Crippen LogP contribution in [0.4, 0.5) is 5.69 Å². The van der Waals surface area contributed by atoms with Crippen molar-refractivity contribution in [2.24, 2.45) is 10.1 Å². The van der Waals surface area contributed by atoms with Crippen LogP contribution in [-0.2, 0) is 12.6 Å². The Bertz CT molecular complexity index is 658. The summed E-state index contributed by atoms with van der Waals surface area (Å²) in [7, 11) is 5.93. The Balaban J connectivity index is 2.30.